The Bertz CT molecular complexity index is 1010. The lowest BCUT2D eigenvalue weighted by atomic mass is 10.1. The molecule has 1 heterocycles. The summed E-state index contributed by atoms with van der Waals surface area (Å²) in [5.74, 6) is 0.0248. The Morgan fingerprint density at radius 3 is 2.34 bits per heavy atom. The molecule has 4 nitrogen and oxygen atoms in total. The number of aromatic nitrogens is 2. The summed E-state index contributed by atoms with van der Waals surface area (Å²) in [7, 11) is 1.80. The van der Waals surface area contributed by atoms with Gasteiger partial charge in [0.1, 0.15) is 0 Å². The van der Waals surface area contributed by atoms with Crippen LogP contribution in [0.25, 0.3) is 11.3 Å². The lowest BCUT2D eigenvalue weighted by Gasteiger charge is -2.20. The minimum absolute atomic E-state index is 0.0248. The fourth-order valence-electron chi connectivity index (χ4n) is 2.90. The summed E-state index contributed by atoms with van der Waals surface area (Å²) in [5.41, 5.74) is 3.51. The molecule has 1 aromatic heterocycles. The molecule has 0 atom stereocenters. The lowest BCUT2D eigenvalue weighted by Crippen LogP contribution is -2.34. The van der Waals surface area contributed by atoms with Gasteiger partial charge in [-0.05, 0) is 49.7 Å². The van der Waals surface area contributed by atoms with E-state index in [1.54, 1.807) is 18.0 Å². The quantitative estimate of drug-likeness (QED) is 0.464. The van der Waals surface area contributed by atoms with Crippen LogP contribution < -0.4 is 0 Å². The Balaban J connectivity index is 1.97. The van der Waals surface area contributed by atoms with Crippen LogP contribution in [0.2, 0.25) is 15.1 Å². The maximum absolute atomic E-state index is 12.5. The summed E-state index contributed by atoms with van der Waals surface area (Å²) < 4.78 is 1.88. The van der Waals surface area contributed by atoms with E-state index in [0.29, 0.717) is 27.3 Å². The first-order valence-corrected chi connectivity index (χ1v) is 10.4. The smallest absolute Gasteiger partial charge is 0.228 e. The zero-order valence-electron chi connectivity index (χ0n) is 16.5. The number of nitrogens with zero attached hydrogens (tertiary/aromatic N) is 3. The highest BCUT2D eigenvalue weighted by Gasteiger charge is 2.17. The van der Waals surface area contributed by atoms with Crippen LogP contribution >= 0.6 is 34.8 Å². The molecule has 0 aliphatic carbocycles. The van der Waals surface area contributed by atoms with Crippen molar-refractivity contribution < 1.29 is 4.79 Å². The maximum Gasteiger partial charge on any atom is 0.228 e. The third-order valence-corrected chi connectivity index (χ3v) is 5.78. The topological polar surface area (TPSA) is 38.1 Å². The van der Waals surface area contributed by atoms with Crippen LogP contribution in [0, 0.1) is 0 Å². The van der Waals surface area contributed by atoms with E-state index in [0.717, 1.165) is 16.8 Å². The van der Waals surface area contributed by atoms with Gasteiger partial charge in [0.2, 0.25) is 5.91 Å². The first-order valence-electron chi connectivity index (χ1n) is 9.27. The number of likely N-dealkylation sites (N-methyl/N-ethyl adjacent to an activating group) is 1. The third-order valence-electron chi connectivity index (χ3n) is 4.79. The summed E-state index contributed by atoms with van der Waals surface area (Å²) in [4.78, 5) is 14.2. The van der Waals surface area contributed by atoms with Crippen molar-refractivity contribution in [2.24, 2.45) is 0 Å². The van der Waals surface area contributed by atoms with Crippen molar-refractivity contribution in [1.82, 2.24) is 14.7 Å². The molecule has 0 fully saturated rings. The van der Waals surface area contributed by atoms with Gasteiger partial charge in [0, 0.05) is 23.7 Å². The van der Waals surface area contributed by atoms with Crippen LogP contribution in [0.1, 0.15) is 25.1 Å². The van der Waals surface area contributed by atoms with Gasteiger partial charge in [-0.25, -0.2) is 0 Å². The van der Waals surface area contributed by atoms with Gasteiger partial charge in [-0.3, -0.25) is 9.48 Å². The number of hydrogen-bond donors (Lipinski definition) is 0. The summed E-state index contributed by atoms with van der Waals surface area (Å²) >= 11 is 18.3. The molecule has 3 rings (SSSR count). The van der Waals surface area contributed by atoms with Gasteiger partial charge in [-0.2, -0.15) is 5.10 Å². The highest BCUT2D eigenvalue weighted by molar-refractivity contribution is 6.42. The molecule has 0 spiro atoms. The zero-order valence-corrected chi connectivity index (χ0v) is 18.8. The Kier molecular flexibility index (Phi) is 6.89. The molecule has 0 aliphatic rings. The number of carbonyl (C=O) groups is 1. The molecule has 152 valence electrons. The molecule has 7 heteroatoms. The van der Waals surface area contributed by atoms with Crippen LogP contribution in [-0.4, -0.2) is 33.7 Å². The van der Waals surface area contributed by atoms with Crippen molar-refractivity contribution in [2.75, 3.05) is 7.05 Å². The van der Waals surface area contributed by atoms with Crippen LogP contribution in [0.5, 0.6) is 0 Å². The Hall–Kier alpha value is -2.01. The van der Waals surface area contributed by atoms with Crippen LogP contribution in [0.3, 0.4) is 0 Å². The molecule has 0 saturated carbocycles. The highest BCUT2D eigenvalue weighted by atomic mass is 35.5. The summed E-state index contributed by atoms with van der Waals surface area (Å²) in [6.45, 7) is 4.51. The van der Waals surface area contributed by atoms with E-state index in [1.807, 2.05) is 61.0 Å². The fraction of sp³-hybridized carbons (Fsp3) is 0.273. The fourth-order valence-corrected chi connectivity index (χ4v) is 3.32. The second kappa shape index (κ2) is 9.21. The molecule has 29 heavy (non-hydrogen) atoms. The SMILES string of the molecule is CC(C)N(C)C(=O)Cc1cc(-c2ccc(Cl)c(Cl)c2)n(Cc2ccc(Cl)cc2)n1. The molecule has 0 N–H and O–H groups in total. The Labute approximate surface area is 186 Å². The average molecular weight is 451 g/mol. The van der Waals surface area contributed by atoms with Crippen molar-refractivity contribution in [2.45, 2.75) is 32.9 Å². The number of benzene rings is 2. The van der Waals surface area contributed by atoms with E-state index in [-0.39, 0.29) is 18.4 Å². The minimum Gasteiger partial charge on any atom is -0.343 e. The van der Waals surface area contributed by atoms with E-state index < -0.39 is 0 Å². The monoisotopic (exact) mass is 449 g/mol. The Morgan fingerprint density at radius 1 is 1.03 bits per heavy atom. The molecule has 0 saturated heterocycles. The summed E-state index contributed by atoms with van der Waals surface area (Å²) in [6.07, 6.45) is 0.233. The first kappa shape index (κ1) is 21.7. The molecule has 1 amide bonds. The Morgan fingerprint density at radius 2 is 1.72 bits per heavy atom. The summed E-state index contributed by atoms with van der Waals surface area (Å²) in [6, 6.07) is 15.1. The van der Waals surface area contributed by atoms with Crippen molar-refractivity contribution in [3.8, 4) is 11.3 Å². The lowest BCUT2D eigenvalue weighted by molar-refractivity contribution is -0.130. The van der Waals surface area contributed by atoms with E-state index in [4.69, 9.17) is 39.9 Å². The number of carbonyl (C=O) groups excluding carboxylic acids is 1. The van der Waals surface area contributed by atoms with Gasteiger partial charge in [0.25, 0.3) is 0 Å². The number of halogens is 3. The normalized spacial score (nSPS) is 11.1. The van der Waals surface area contributed by atoms with Crippen molar-refractivity contribution >= 4 is 40.7 Å². The molecule has 2 aromatic carbocycles. The molecule has 0 bridgehead atoms. The number of rotatable bonds is 6. The molecule has 3 aromatic rings. The molecular formula is C22H22Cl3N3O. The van der Waals surface area contributed by atoms with Gasteiger partial charge in [-0.1, -0.05) is 53.0 Å². The van der Waals surface area contributed by atoms with E-state index >= 15 is 0 Å². The van der Waals surface area contributed by atoms with Gasteiger partial charge in [-0.15, -0.1) is 0 Å². The number of hydrogen-bond acceptors (Lipinski definition) is 2. The predicted octanol–water partition coefficient (Wildman–Crippen LogP) is 5.97. The first-order chi connectivity index (χ1) is 13.7. The van der Waals surface area contributed by atoms with Gasteiger partial charge in [0.15, 0.2) is 0 Å². The standard InChI is InChI=1S/C22H22Cl3N3O/c1-14(2)27(3)22(29)12-18-11-21(16-6-9-19(24)20(25)10-16)28(26-18)13-15-4-7-17(23)8-5-15/h4-11,14H,12-13H2,1-3H3. The average Bonchev–Trinajstić information content (AvgIpc) is 3.07. The van der Waals surface area contributed by atoms with E-state index in [1.165, 1.54) is 0 Å². The van der Waals surface area contributed by atoms with Crippen molar-refractivity contribution in [1.29, 1.82) is 0 Å². The predicted molar refractivity (Wildman–Crippen MR) is 120 cm³/mol. The molecule has 0 radical (unpaired) electrons. The van der Waals surface area contributed by atoms with E-state index in [9.17, 15) is 4.79 Å². The van der Waals surface area contributed by atoms with Crippen LogP contribution in [0.15, 0.2) is 48.5 Å². The second-order valence-electron chi connectivity index (χ2n) is 7.21. The van der Waals surface area contributed by atoms with Crippen molar-refractivity contribution in [3.05, 3.63) is 74.9 Å². The highest BCUT2D eigenvalue weighted by Crippen LogP contribution is 2.29. The van der Waals surface area contributed by atoms with E-state index in [2.05, 4.69) is 0 Å². The van der Waals surface area contributed by atoms with Gasteiger partial charge < -0.3 is 4.90 Å². The maximum atomic E-state index is 12.5. The van der Waals surface area contributed by atoms with Crippen LogP contribution in [0.4, 0.5) is 0 Å². The number of amides is 1. The largest absolute Gasteiger partial charge is 0.343 e. The zero-order chi connectivity index (χ0) is 21.1. The van der Waals surface area contributed by atoms with Gasteiger partial charge in [0.05, 0.1) is 34.4 Å². The van der Waals surface area contributed by atoms with Gasteiger partial charge >= 0.3 is 0 Å². The minimum atomic E-state index is 0.0248. The van der Waals surface area contributed by atoms with Crippen molar-refractivity contribution in [3.63, 3.8) is 0 Å². The second-order valence-corrected chi connectivity index (χ2v) is 8.46. The third kappa shape index (κ3) is 5.33. The molecule has 0 unspecified atom stereocenters. The molecular weight excluding hydrogens is 429 g/mol. The molecule has 0 aliphatic heterocycles. The van der Waals surface area contributed by atoms with Crippen LogP contribution in [-0.2, 0) is 17.8 Å². The summed E-state index contributed by atoms with van der Waals surface area (Å²) in [5, 5.41) is 6.35.